The van der Waals surface area contributed by atoms with Crippen LogP contribution in [0.5, 0.6) is 0 Å². The molecule has 1 N–H and O–H groups in total. The van der Waals surface area contributed by atoms with Gasteiger partial charge in [0, 0.05) is 36.3 Å². The molecule has 17 heavy (non-hydrogen) atoms. The quantitative estimate of drug-likeness (QED) is 0.939. The van der Waals surface area contributed by atoms with Gasteiger partial charge in [0.2, 0.25) is 0 Å². The number of rotatable bonds is 4. The maximum atomic E-state index is 4.41. The van der Waals surface area contributed by atoms with Gasteiger partial charge in [0.05, 0.1) is 9.48 Å². The highest BCUT2D eigenvalue weighted by atomic mass is 79.9. The minimum absolute atomic E-state index is 0.876. The Morgan fingerprint density at radius 3 is 2.65 bits per heavy atom. The van der Waals surface area contributed by atoms with Gasteiger partial charge in [-0.2, -0.15) is 5.10 Å². The average Bonchev–Trinajstić information content (AvgIpc) is 2.78. The molecule has 0 atom stereocenters. The summed E-state index contributed by atoms with van der Waals surface area (Å²) in [6, 6.07) is 4.23. The predicted octanol–water partition coefficient (Wildman–Crippen LogP) is 3.15. The summed E-state index contributed by atoms with van der Waals surface area (Å²) in [4.78, 5) is 1.34. The third-order valence-electron chi connectivity index (χ3n) is 2.89. The molecular formula is C12H16BrN3S. The first kappa shape index (κ1) is 12.8. The molecular weight excluding hydrogens is 298 g/mol. The van der Waals surface area contributed by atoms with Crippen LogP contribution in [0.25, 0.3) is 0 Å². The van der Waals surface area contributed by atoms with Crippen molar-refractivity contribution in [1.82, 2.24) is 15.1 Å². The normalized spacial score (nSPS) is 11.1. The maximum absolute atomic E-state index is 4.41. The average molecular weight is 314 g/mol. The summed E-state index contributed by atoms with van der Waals surface area (Å²) >= 11 is 5.24. The summed E-state index contributed by atoms with van der Waals surface area (Å²) in [5, 5.41) is 7.87. The summed E-state index contributed by atoms with van der Waals surface area (Å²) in [6.45, 7) is 5.95. The minimum atomic E-state index is 0.876. The van der Waals surface area contributed by atoms with Crippen LogP contribution in [0.1, 0.15) is 21.8 Å². The van der Waals surface area contributed by atoms with Crippen molar-refractivity contribution in [1.29, 1.82) is 0 Å². The van der Waals surface area contributed by atoms with E-state index in [0.29, 0.717) is 0 Å². The Labute approximate surface area is 114 Å². The molecule has 0 aliphatic carbocycles. The molecule has 0 aliphatic heterocycles. The molecule has 0 bridgehead atoms. The second-order valence-corrected chi connectivity index (χ2v) is 6.63. The summed E-state index contributed by atoms with van der Waals surface area (Å²) in [5.41, 5.74) is 3.66. The lowest BCUT2D eigenvalue weighted by Crippen LogP contribution is -2.13. The largest absolute Gasteiger partial charge is 0.308 e. The lowest BCUT2D eigenvalue weighted by atomic mass is 10.2. The number of nitrogens with zero attached hydrogens (tertiary/aromatic N) is 2. The molecule has 2 aromatic rings. The van der Waals surface area contributed by atoms with Gasteiger partial charge in [-0.25, -0.2) is 0 Å². The Hall–Kier alpha value is -0.650. The van der Waals surface area contributed by atoms with Gasteiger partial charge in [-0.1, -0.05) is 0 Å². The highest BCUT2D eigenvalue weighted by Crippen LogP contribution is 2.22. The van der Waals surface area contributed by atoms with Gasteiger partial charge in [-0.15, -0.1) is 11.3 Å². The Kier molecular flexibility index (Phi) is 4.01. The van der Waals surface area contributed by atoms with Crippen molar-refractivity contribution in [3.63, 3.8) is 0 Å². The Balaban J connectivity index is 1.94. The van der Waals surface area contributed by atoms with Crippen LogP contribution in [-0.4, -0.2) is 9.78 Å². The molecule has 5 heteroatoms. The molecule has 0 saturated heterocycles. The predicted molar refractivity (Wildman–Crippen MR) is 75.2 cm³/mol. The van der Waals surface area contributed by atoms with Crippen molar-refractivity contribution >= 4 is 27.3 Å². The first-order valence-electron chi connectivity index (χ1n) is 5.52. The molecule has 2 heterocycles. The fourth-order valence-corrected chi connectivity index (χ4v) is 3.28. The van der Waals surface area contributed by atoms with E-state index < -0.39 is 0 Å². The number of aromatic nitrogens is 2. The number of aryl methyl sites for hydroxylation is 2. The van der Waals surface area contributed by atoms with Crippen molar-refractivity contribution in [3.05, 3.63) is 37.7 Å². The SMILES string of the molecule is Cc1nn(C)c(C)c1CNCc1ccc(Br)s1. The van der Waals surface area contributed by atoms with Crippen LogP contribution in [0, 0.1) is 13.8 Å². The van der Waals surface area contributed by atoms with E-state index in [2.05, 4.69) is 52.3 Å². The van der Waals surface area contributed by atoms with E-state index in [1.165, 1.54) is 19.9 Å². The molecule has 0 saturated carbocycles. The van der Waals surface area contributed by atoms with Crippen LogP contribution in [0.2, 0.25) is 0 Å². The van der Waals surface area contributed by atoms with Gasteiger partial charge in [0.25, 0.3) is 0 Å². The molecule has 0 unspecified atom stereocenters. The third-order valence-corrected chi connectivity index (χ3v) is 4.51. The first-order valence-corrected chi connectivity index (χ1v) is 7.13. The zero-order valence-electron chi connectivity index (χ0n) is 10.2. The monoisotopic (exact) mass is 313 g/mol. The first-order chi connectivity index (χ1) is 8.08. The second-order valence-electron chi connectivity index (χ2n) is 4.08. The van der Waals surface area contributed by atoms with Crippen LogP contribution < -0.4 is 5.32 Å². The molecule has 92 valence electrons. The smallest absolute Gasteiger partial charge is 0.0701 e. The van der Waals surface area contributed by atoms with Gasteiger partial charge in [0.15, 0.2) is 0 Å². The lowest BCUT2D eigenvalue weighted by Gasteiger charge is -2.03. The van der Waals surface area contributed by atoms with Gasteiger partial charge in [-0.05, 0) is 41.9 Å². The molecule has 0 aliphatic rings. The number of hydrogen-bond donors (Lipinski definition) is 1. The Morgan fingerprint density at radius 1 is 1.35 bits per heavy atom. The van der Waals surface area contributed by atoms with Crippen LogP contribution in [-0.2, 0) is 20.1 Å². The topological polar surface area (TPSA) is 29.9 Å². The summed E-state index contributed by atoms with van der Waals surface area (Å²) < 4.78 is 3.12. The molecule has 2 rings (SSSR count). The van der Waals surface area contributed by atoms with E-state index >= 15 is 0 Å². The van der Waals surface area contributed by atoms with Crippen LogP contribution in [0.15, 0.2) is 15.9 Å². The third kappa shape index (κ3) is 2.97. The number of nitrogens with one attached hydrogen (secondary N) is 1. The summed E-state index contributed by atoms with van der Waals surface area (Å²) in [5.74, 6) is 0. The van der Waals surface area contributed by atoms with Gasteiger partial charge in [-0.3, -0.25) is 4.68 Å². The Bertz CT molecular complexity index is 516. The van der Waals surface area contributed by atoms with Gasteiger partial charge >= 0.3 is 0 Å². The molecule has 0 radical (unpaired) electrons. The fraction of sp³-hybridized carbons (Fsp3) is 0.417. The minimum Gasteiger partial charge on any atom is -0.308 e. The van der Waals surface area contributed by atoms with E-state index in [4.69, 9.17) is 0 Å². The fourth-order valence-electron chi connectivity index (χ4n) is 1.83. The van der Waals surface area contributed by atoms with Gasteiger partial charge < -0.3 is 5.32 Å². The molecule has 2 aromatic heterocycles. The Morgan fingerprint density at radius 2 is 2.12 bits per heavy atom. The highest BCUT2D eigenvalue weighted by molar-refractivity contribution is 9.11. The number of thiophene rings is 1. The zero-order chi connectivity index (χ0) is 12.4. The lowest BCUT2D eigenvalue weighted by molar-refractivity contribution is 0.690. The van der Waals surface area contributed by atoms with E-state index in [9.17, 15) is 0 Å². The van der Waals surface area contributed by atoms with Crippen LogP contribution in [0.3, 0.4) is 0 Å². The highest BCUT2D eigenvalue weighted by Gasteiger charge is 2.08. The van der Waals surface area contributed by atoms with E-state index in [-0.39, 0.29) is 0 Å². The van der Waals surface area contributed by atoms with Crippen molar-refractivity contribution in [2.45, 2.75) is 26.9 Å². The summed E-state index contributed by atoms with van der Waals surface area (Å²) in [6.07, 6.45) is 0. The molecule has 0 fully saturated rings. The van der Waals surface area contributed by atoms with Gasteiger partial charge in [0.1, 0.15) is 0 Å². The second kappa shape index (κ2) is 5.33. The molecule has 3 nitrogen and oxygen atoms in total. The molecule has 0 spiro atoms. The van der Waals surface area contributed by atoms with E-state index in [0.717, 1.165) is 18.8 Å². The molecule has 0 aromatic carbocycles. The van der Waals surface area contributed by atoms with E-state index in [1.807, 2.05) is 11.7 Å². The van der Waals surface area contributed by atoms with Crippen molar-refractivity contribution in [2.24, 2.45) is 7.05 Å². The van der Waals surface area contributed by atoms with Crippen LogP contribution in [0.4, 0.5) is 0 Å². The van der Waals surface area contributed by atoms with Crippen molar-refractivity contribution < 1.29 is 0 Å². The molecule has 0 amide bonds. The van der Waals surface area contributed by atoms with Crippen LogP contribution >= 0.6 is 27.3 Å². The summed E-state index contributed by atoms with van der Waals surface area (Å²) in [7, 11) is 1.99. The van der Waals surface area contributed by atoms with E-state index in [1.54, 1.807) is 11.3 Å². The van der Waals surface area contributed by atoms with Crippen molar-refractivity contribution in [2.75, 3.05) is 0 Å². The maximum Gasteiger partial charge on any atom is 0.0701 e. The zero-order valence-corrected chi connectivity index (χ0v) is 12.7. The van der Waals surface area contributed by atoms with Crippen molar-refractivity contribution in [3.8, 4) is 0 Å². The number of hydrogen-bond acceptors (Lipinski definition) is 3. The number of halogens is 1. The standard InChI is InChI=1S/C12H16BrN3S/c1-8-11(9(2)16(3)15-8)7-14-6-10-4-5-12(13)17-10/h4-5,14H,6-7H2,1-3H3.